The van der Waals surface area contributed by atoms with Crippen molar-refractivity contribution in [3.8, 4) is 0 Å². The van der Waals surface area contributed by atoms with Gasteiger partial charge in [-0.1, -0.05) is 25.8 Å². The maximum atomic E-state index is 12.5. The van der Waals surface area contributed by atoms with Crippen molar-refractivity contribution >= 4 is 21.7 Å². The summed E-state index contributed by atoms with van der Waals surface area (Å²) in [6.07, 6.45) is 5.75. The molecule has 2 unspecified atom stereocenters. The van der Waals surface area contributed by atoms with Crippen LogP contribution in [0.2, 0.25) is 0 Å². The Morgan fingerprint density at radius 3 is 2.69 bits per heavy atom. The van der Waals surface area contributed by atoms with Crippen LogP contribution in [-0.2, 0) is 14.9 Å². The van der Waals surface area contributed by atoms with Gasteiger partial charge in [-0.3, -0.25) is 9.28 Å². The fourth-order valence-electron chi connectivity index (χ4n) is 3.06. The Morgan fingerprint density at radius 1 is 1.42 bits per heavy atom. The molecule has 0 radical (unpaired) electrons. The number of aliphatic hydroxyl groups excluding tert-OH is 2. The van der Waals surface area contributed by atoms with Gasteiger partial charge in [0.15, 0.2) is 0 Å². The van der Waals surface area contributed by atoms with Gasteiger partial charge in [-0.2, -0.15) is 0 Å². The Morgan fingerprint density at radius 2 is 2.12 bits per heavy atom. The van der Waals surface area contributed by atoms with Crippen molar-refractivity contribution in [2.24, 2.45) is 4.99 Å². The number of amidine groups is 1. The maximum absolute atomic E-state index is 12.5. The molecular formula is C16H28N2NaO6S+. The van der Waals surface area contributed by atoms with Crippen LogP contribution in [0.1, 0.15) is 32.6 Å². The van der Waals surface area contributed by atoms with E-state index < -0.39 is 22.0 Å². The molecule has 0 bridgehead atoms. The van der Waals surface area contributed by atoms with Gasteiger partial charge in [0.2, 0.25) is 0 Å². The Labute approximate surface area is 177 Å². The monoisotopic (exact) mass is 399 g/mol. The van der Waals surface area contributed by atoms with Crippen molar-refractivity contribution in [2.45, 2.75) is 38.7 Å². The van der Waals surface area contributed by atoms with E-state index in [4.69, 9.17) is 0 Å². The van der Waals surface area contributed by atoms with Crippen molar-refractivity contribution in [3.63, 3.8) is 0 Å². The molecule has 0 fully saturated rings. The molecule has 0 aromatic carbocycles. The van der Waals surface area contributed by atoms with Crippen LogP contribution in [0.4, 0.5) is 0 Å². The van der Waals surface area contributed by atoms with E-state index in [1.54, 1.807) is 6.08 Å². The van der Waals surface area contributed by atoms with Crippen molar-refractivity contribution in [3.05, 3.63) is 12.2 Å². The van der Waals surface area contributed by atoms with Gasteiger partial charge in [0, 0.05) is 0 Å². The van der Waals surface area contributed by atoms with Crippen molar-refractivity contribution in [2.75, 3.05) is 38.5 Å². The van der Waals surface area contributed by atoms with Gasteiger partial charge in [-0.05, 0) is 18.9 Å². The predicted octanol–water partition coefficient (Wildman–Crippen LogP) is -3.18. The molecule has 26 heavy (non-hydrogen) atoms. The molecule has 0 amide bonds. The minimum Gasteiger partial charge on any atom is -0.748 e. The third-order valence-corrected chi connectivity index (χ3v) is 4.98. The number of nitrogens with zero attached hydrogens (tertiary/aromatic N) is 2. The maximum Gasteiger partial charge on any atom is 1.00 e. The van der Waals surface area contributed by atoms with Crippen LogP contribution >= 0.6 is 0 Å². The van der Waals surface area contributed by atoms with Crippen molar-refractivity contribution < 1.29 is 62.0 Å². The Kier molecular flexibility index (Phi) is 12.3. The summed E-state index contributed by atoms with van der Waals surface area (Å²) in [5.74, 6) is -1.03. The zero-order valence-corrected chi connectivity index (χ0v) is 18.4. The summed E-state index contributed by atoms with van der Waals surface area (Å²) >= 11 is 0. The summed E-state index contributed by atoms with van der Waals surface area (Å²) in [7, 11) is -4.58. The number of rotatable bonds is 12. The molecule has 10 heteroatoms. The molecule has 1 aliphatic rings. The molecule has 8 nitrogen and oxygen atoms in total. The molecule has 0 saturated heterocycles. The number of quaternary nitrogens is 1. The predicted molar refractivity (Wildman–Crippen MR) is 93.1 cm³/mol. The fourth-order valence-corrected chi connectivity index (χ4v) is 3.64. The number of carbonyl (C=O) groups is 1. The number of unbranched alkanes of at least 4 members (excludes halogenated alkanes) is 3. The van der Waals surface area contributed by atoms with Crippen LogP contribution in [0.15, 0.2) is 17.1 Å². The van der Waals surface area contributed by atoms with Gasteiger partial charge in [0.1, 0.15) is 25.7 Å². The first-order valence-corrected chi connectivity index (χ1v) is 10.2. The van der Waals surface area contributed by atoms with Gasteiger partial charge < -0.3 is 14.8 Å². The van der Waals surface area contributed by atoms with Crippen LogP contribution in [0.3, 0.4) is 0 Å². The molecule has 1 aliphatic heterocycles. The summed E-state index contributed by atoms with van der Waals surface area (Å²) in [5.41, 5.74) is 0. The number of hydrogen-bond donors (Lipinski definition) is 2. The third-order valence-electron chi connectivity index (χ3n) is 4.19. The first kappa shape index (κ1) is 25.9. The Balaban J connectivity index is 0.00000625. The largest absolute Gasteiger partial charge is 1.00 e. The van der Waals surface area contributed by atoms with Crippen LogP contribution in [0.5, 0.6) is 0 Å². The summed E-state index contributed by atoms with van der Waals surface area (Å²) in [5, 5.41) is 19.3. The van der Waals surface area contributed by atoms with E-state index in [0.717, 1.165) is 25.7 Å². The smallest absolute Gasteiger partial charge is 0.748 e. The molecule has 0 aromatic rings. The molecule has 0 aliphatic carbocycles. The van der Waals surface area contributed by atoms with E-state index >= 15 is 0 Å². The van der Waals surface area contributed by atoms with E-state index in [-0.39, 0.29) is 65.4 Å². The average Bonchev–Trinajstić information content (AvgIpc) is 2.88. The van der Waals surface area contributed by atoms with Crippen LogP contribution in [-0.4, -0.2) is 83.9 Å². The summed E-state index contributed by atoms with van der Waals surface area (Å²) in [6.45, 7) is 2.56. The molecule has 0 saturated carbocycles. The Hall–Kier alpha value is -0.130. The normalized spacial score (nSPS) is 21.5. The van der Waals surface area contributed by atoms with Crippen LogP contribution < -0.4 is 29.6 Å². The molecule has 0 spiro atoms. The SMILES string of the molecule is CCCCC/C=C/C(=O)C1=NCC[N+]1(CCO)CC(O)CS(=O)(=O)[O-].[Na+]. The van der Waals surface area contributed by atoms with Gasteiger partial charge in [-0.25, -0.2) is 13.4 Å². The number of allylic oxidation sites excluding steroid dienone is 1. The van der Waals surface area contributed by atoms with E-state index in [1.165, 1.54) is 6.08 Å². The number of aliphatic hydroxyl groups is 2. The fraction of sp³-hybridized carbons (Fsp3) is 0.750. The van der Waals surface area contributed by atoms with Crippen molar-refractivity contribution in [1.82, 2.24) is 0 Å². The molecule has 0 aromatic heterocycles. The van der Waals surface area contributed by atoms with E-state index in [9.17, 15) is 28.0 Å². The van der Waals surface area contributed by atoms with Crippen molar-refractivity contribution in [1.29, 1.82) is 0 Å². The molecule has 2 N–H and O–H groups in total. The van der Waals surface area contributed by atoms with E-state index in [2.05, 4.69) is 11.9 Å². The zero-order chi connectivity index (χ0) is 18.9. The first-order chi connectivity index (χ1) is 11.7. The van der Waals surface area contributed by atoms with Gasteiger partial charge >= 0.3 is 29.6 Å². The second-order valence-corrected chi connectivity index (χ2v) is 7.79. The Bertz CT molecular complexity index is 608. The van der Waals surface area contributed by atoms with Gasteiger partial charge in [0.05, 0.1) is 29.0 Å². The number of hydrogen-bond acceptors (Lipinski definition) is 7. The zero-order valence-electron chi connectivity index (χ0n) is 15.6. The van der Waals surface area contributed by atoms with E-state index in [0.29, 0.717) is 13.1 Å². The quantitative estimate of drug-likeness (QED) is 0.117. The standard InChI is InChI=1S/C16H28N2O6S.Na/c1-2-3-4-5-6-7-15(21)16-17-8-9-18(16,10-11-19)12-14(20)13-25(22,23)24;/h6-7,14,19-20H,2-5,8-13H2,1H3;/q;+1/b7-6+;. The summed E-state index contributed by atoms with van der Waals surface area (Å²) < 4.78 is 32.4. The molecular weight excluding hydrogens is 371 g/mol. The second kappa shape index (κ2) is 12.4. The van der Waals surface area contributed by atoms with Crippen LogP contribution in [0, 0.1) is 0 Å². The molecule has 1 rings (SSSR count). The third kappa shape index (κ3) is 8.71. The molecule has 144 valence electrons. The molecule has 1 heterocycles. The number of aliphatic imine (C=N–C) groups is 1. The number of ketones is 1. The minimum atomic E-state index is -4.58. The minimum absolute atomic E-state index is 0. The summed E-state index contributed by atoms with van der Waals surface area (Å²) in [4.78, 5) is 16.7. The topological polar surface area (TPSA) is 127 Å². The average molecular weight is 399 g/mol. The first-order valence-electron chi connectivity index (χ1n) is 8.58. The van der Waals surface area contributed by atoms with Crippen LogP contribution in [0.25, 0.3) is 0 Å². The van der Waals surface area contributed by atoms with E-state index in [1.807, 2.05) is 0 Å². The summed E-state index contributed by atoms with van der Waals surface area (Å²) in [6, 6.07) is 0. The number of carbonyl (C=O) groups excluding carboxylic acids is 1. The van der Waals surface area contributed by atoms with Gasteiger partial charge in [0.25, 0.3) is 11.6 Å². The second-order valence-electron chi connectivity index (χ2n) is 6.34. The molecule has 2 atom stereocenters. The van der Waals surface area contributed by atoms with Gasteiger partial charge in [-0.15, -0.1) is 0 Å².